The fourth-order valence-electron chi connectivity index (χ4n) is 4.20. The van der Waals surface area contributed by atoms with Crippen LogP contribution in [0.4, 0.5) is 21.0 Å². The van der Waals surface area contributed by atoms with Gasteiger partial charge in [-0.05, 0) is 49.9 Å². The molecule has 32 heavy (non-hydrogen) atoms. The van der Waals surface area contributed by atoms with Gasteiger partial charge in [-0.1, -0.05) is 19.3 Å². The molecule has 1 saturated carbocycles. The number of carbonyl (C=O) groups excluding carboxylic acids is 3. The van der Waals surface area contributed by atoms with Gasteiger partial charge in [-0.2, -0.15) is 0 Å². The number of nitrogens with one attached hydrogen (secondary N) is 4. The third-order valence-corrected chi connectivity index (χ3v) is 6.09. The Hall–Kier alpha value is -2.81. The minimum absolute atomic E-state index is 0.0257. The summed E-state index contributed by atoms with van der Waals surface area (Å²) in [5.41, 5.74) is 1.34. The molecule has 5 amide bonds. The Morgan fingerprint density at radius 3 is 2.19 bits per heavy atom. The molecule has 2 fully saturated rings. The second-order valence-electron chi connectivity index (χ2n) is 8.49. The third kappa shape index (κ3) is 7.40. The first-order valence-electron chi connectivity index (χ1n) is 11.6. The van der Waals surface area contributed by atoms with Gasteiger partial charge in [0.1, 0.15) is 0 Å². The summed E-state index contributed by atoms with van der Waals surface area (Å²) in [6, 6.07) is 6.96. The highest BCUT2D eigenvalue weighted by Gasteiger charge is 2.27. The summed E-state index contributed by atoms with van der Waals surface area (Å²) < 4.78 is 4.94. The monoisotopic (exact) mass is 445 g/mol. The first-order valence-corrected chi connectivity index (χ1v) is 11.6. The van der Waals surface area contributed by atoms with Crippen molar-refractivity contribution >= 4 is 29.3 Å². The number of benzene rings is 1. The lowest BCUT2D eigenvalue weighted by Gasteiger charge is -2.31. The molecular formula is C23H35N5O4. The largest absolute Gasteiger partial charge is 0.383 e. The van der Waals surface area contributed by atoms with E-state index in [0.717, 1.165) is 12.8 Å². The Balaban J connectivity index is 1.39. The van der Waals surface area contributed by atoms with Gasteiger partial charge in [0.15, 0.2) is 0 Å². The van der Waals surface area contributed by atoms with E-state index >= 15 is 0 Å². The molecular weight excluding hydrogens is 410 g/mol. The van der Waals surface area contributed by atoms with Crippen molar-refractivity contribution in [1.29, 1.82) is 0 Å². The average Bonchev–Trinajstić information content (AvgIpc) is 2.81. The van der Waals surface area contributed by atoms with Crippen molar-refractivity contribution in [2.75, 3.05) is 44.0 Å². The Kier molecular flexibility index (Phi) is 9.15. The van der Waals surface area contributed by atoms with Crippen LogP contribution in [0.5, 0.6) is 0 Å². The molecule has 176 valence electrons. The summed E-state index contributed by atoms with van der Waals surface area (Å²) in [6.45, 7) is 2.07. The van der Waals surface area contributed by atoms with Crippen molar-refractivity contribution in [2.24, 2.45) is 5.92 Å². The number of urea groups is 2. The predicted octanol–water partition coefficient (Wildman–Crippen LogP) is 3.15. The zero-order valence-corrected chi connectivity index (χ0v) is 18.8. The van der Waals surface area contributed by atoms with E-state index in [-0.39, 0.29) is 29.9 Å². The lowest BCUT2D eigenvalue weighted by molar-refractivity contribution is -0.126. The third-order valence-electron chi connectivity index (χ3n) is 6.09. The number of hydrogen-bond acceptors (Lipinski definition) is 4. The molecule has 1 aromatic carbocycles. The normalized spacial score (nSPS) is 17.5. The highest BCUT2D eigenvalue weighted by atomic mass is 16.5. The topological polar surface area (TPSA) is 112 Å². The van der Waals surface area contributed by atoms with Crippen molar-refractivity contribution < 1.29 is 19.1 Å². The average molecular weight is 446 g/mol. The van der Waals surface area contributed by atoms with Crippen LogP contribution in [0.15, 0.2) is 24.3 Å². The summed E-state index contributed by atoms with van der Waals surface area (Å²) in [5.74, 6) is -0.0428. The SMILES string of the molecule is COCCNC(=O)C1CCN(C(=O)Nc2ccc(NC(=O)NC3CCCCC3)cc2)CC1. The van der Waals surface area contributed by atoms with E-state index < -0.39 is 0 Å². The highest BCUT2D eigenvalue weighted by molar-refractivity contribution is 5.92. The molecule has 0 spiro atoms. The van der Waals surface area contributed by atoms with Gasteiger partial charge >= 0.3 is 12.1 Å². The molecule has 9 nitrogen and oxygen atoms in total. The maximum absolute atomic E-state index is 12.6. The molecule has 1 aliphatic carbocycles. The fraction of sp³-hybridized carbons (Fsp3) is 0.609. The maximum atomic E-state index is 12.6. The van der Waals surface area contributed by atoms with Crippen molar-refractivity contribution in [3.05, 3.63) is 24.3 Å². The van der Waals surface area contributed by atoms with Crippen molar-refractivity contribution in [3.8, 4) is 0 Å². The van der Waals surface area contributed by atoms with Crippen LogP contribution in [0.1, 0.15) is 44.9 Å². The Morgan fingerprint density at radius 2 is 1.56 bits per heavy atom. The number of hydrogen-bond donors (Lipinski definition) is 4. The van der Waals surface area contributed by atoms with Crippen LogP contribution >= 0.6 is 0 Å². The second kappa shape index (κ2) is 12.3. The Labute approximate surface area is 189 Å². The maximum Gasteiger partial charge on any atom is 0.321 e. The summed E-state index contributed by atoms with van der Waals surface area (Å²) in [5, 5.41) is 11.6. The summed E-state index contributed by atoms with van der Waals surface area (Å²) >= 11 is 0. The lowest BCUT2D eigenvalue weighted by Crippen LogP contribution is -2.45. The van der Waals surface area contributed by atoms with Gasteiger partial charge in [-0.25, -0.2) is 9.59 Å². The quantitative estimate of drug-likeness (QED) is 0.483. The number of anilines is 2. The summed E-state index contributed by atoms with van der Waals surface area (Å²) in [4.78, 5) is 38.6. The number of likely N-dealkylation sites (tertiary alicyclic amines) is 1. The fourth-order valence-corrected chi connectivity index (χ4v) is 4.20. The summed E-state index contributed by atoms with van der Waals surface area (Å²) in [7, 11) is 1.60. The van der Waals surface area contributed by atoms with Gasteiger partial charge in [-0.3, -0.25) is 4.79 Å². The van der Waals surface area contributed by atoms with Gasteiger partial charge in [0.25, 0.3) is 0 Å². The summed E-state index contributed by atoms with van der Waals surface area (Å²) in [6.07, 6.45) is 6.94. The van der Waals surface area contributed by atoms with E-state index in [9.17, 15) is 14.4 Å². The van der Waals surface area contributed by atoms with Crippen LogP contribution in [0.3, 0.4) is 0 Å². The molecule has 4 N–H and O–H groups in total. The molecule has 0 atom stereocenters. The molecule has 0 bridgehead atoms. The Morgan fingerprint density at radius 1 is 0.938 bits per heavy atom. The van der Waals surface area contributed by atoms with Crippen molar-refractivity contribution in [1.82, 2.24) is 15.5 Å². The van der Waals surface area contributed by atoms with Crippen LogP contribution in [0.2, 0.25) is 0 Å². The molecule has 0 radical (unpaired) electrons. The van der Waals surface area contributed by atoms with Gasteiger partial charge in [0, 0.05) is 50.1 Å². The van der Waals surface area contributed by atoms with E-state index in [1.54, 1.807) is 36.3 Å². The number of ether oxygens (including phenoxy) is 1. The van der Waals surface area contributed by atoms with E-state index in [2.05, 4.69) is 21.3 Å². The van der Waals surface area contributed by atoms with Crippen LogP contribution in [0, 0.1) is 5.92 Å². The number of rotatable bonds is 7. The molecule has 2 aliphatic rings. The smallest absolute Gasteiger partial charge is 0.321 e. The Bertz CT molecular complexity index is 756. The molecule has 3 rings (SSSR count). The number of methoxy groups -OCH3 is 1. The van der Waals surface area contributed by atoms with Crippen LogP contribution in [0.25, 0.3) is 0 Å². The first-order chi connectivity index (χ1) is 15.5. The van der Waals surface area contributed by atoms with Crippen LogP contribution in [-0.4, -0.2) is 62.3 Å². The predicted molar refractivity (Wildman–Crippen MR) is 124 cm³/mol. The molecule has 9 heteroatoms. The van der Waals surface area contributed by atoms with E-state index in [0.29, 0.717) is 50.5 Å². The molecule has 1 aliphatic heterocycles. The van der Waals surface area contributed by atoms with Gasteiger partial charge in [0.05, 0.1) is 6.61 Å². The molecule has 1 aromatic rings. The van der Waals surface area contributed by atoms with Gasteiger partial charge in [-0.15, -0.1) is 0 Å². The molecule has 0 unspecified atom stereocenters. The molecule has 1 saturated heterocycles. The van der Waals surface area contributed by atoms with Crippen LogP contribution in [-0.2, 0) is 9.53 Å². The second-order valence-corrected chi connectivity index (χ2v) is 8.49. The number of nitrogens with zero attached hydrogens (tertiary/aromatic N) is 1. The molecule has 0 aromatic heterocycles. The molecule has 1 heterocycles. The van der Waals surface area contributed by atoms with Crippen molar-refractivity contribution in [2.45, 2.75) is 51.0 Å². The number of piperidine rings is 1. The number of carbonyl (C=O) groups is 3. The highest BCUT2D eigenvalue weighted by Crippen LogP contribution is 2.20. The number of amides is 5. The van der Waals surface area contributed by atoms with Crippen molar-refractivity contribution in [3.63, 3.8) is 0 Å². The lowest BCUT2D eigenvalue weighted by atomic mass is 9.96. The zero-order valence-electron chi connectivity index (χ0n) is 18.8. The minimum atomic E-state index is -0.192. The standard InChI is InChI=1S/C23H35N5O4/c1-32-16-13-24-21(29)17-11-14-28(15-12-17)23(31)27-20-9-7-19(8-10-20)26-22(30)25-18-5-3-2-4-6-18/h7-10,17-18H,2-6,11-16H2,1H3,(H,24,29)(H,27,31)(H2,25,26,30). The minimum Gasteiger partial charge on any atom is -0.383 e. The van der Waals surface area contributed by atoms with E-state index in [1.807, 2.05) is 0 Å². The van der Waals surface area contributed by atoms with Crippen LogP contribution < -0.4 is 21.3 Å². The van der Waals surface area contributed by atoms with Gasteiger partial charge in [0.2, 0.25) is 5.91 Å². The van der Waals surface area contributed by atoms with E-state index in [1.165, 1.54) is 19.3 Å². The zero-order chi connectivity index (χ0) is 22.8. The van der Waals surface area contributed by atoms with E-state index in [4.69, 9.17) is 4.74 Å². The van der Waals surface area contributed by atoms with Gasteiger partial charge < -0.3 is 30.9 Å². The first kappa shape index (κ1) is 23.8.